The molecule has 0 aliphatic rings. The summed E-state index contributed by atoms with van der Waals surface area (Å²) in [4.78, 5) is 27.7. The number of benzene rings is 1. The number of nitrogens with one attached hydrogen (secondary N) is 1. The first kappa shape index (κ1) is 24.8. The van der Waals surface area contributed by atoms with Crippen LogP contribution in [0.15, 0.2) is 23.0 Å². The second-order valence-corrected chi connectivity index (χ2v) is 8.49. The van der Waals surface area contributed by atoms with Gasteiger partial charge >= 0.3 is 6.18 Å². The standard InChI is InChI=1S/C22H31F3N4O2/c1-7-28(6)12-18(13(2)3)26-20(30)11-17-21(31)16-9-8-15(22(23,24)25)10-19(16)29(27-17)14(4)5/h8-10,13-14,18H,7,11-12H2,1-6H3,(H,26,30). The van der Waals surface area contributed by atoms with Crippen LogP contribution in [0.2, 0.25) is 0 Å². The highest BCUT2D eigenvalue weighted by molar-refractivity contribution is 5.82. The molecule has 0 saturated carbocycles. The van der Waals surface area contributed by atoms with Gasteiger partial charge in [-0.3, -0.25) is 14.3 Å². The molecule has 0 radical (unpaired) electrons. The Morgan fingerprint density at radius 1 is 1.23 bits per heavy atom. The molecule has 0 fully saturated rings. The van der Waals surface area contributed by atoms with Crippen LogP contribution in [0.25, 0.3) is 10.9 Å². The van der Waals surface area contributed by atoms with Crippen molar-refractivity contribution in [2.45, 2.75) is 59.3 Å². The smallest absolute Gasteiger partial charge is 0.351 e. The van der Waals surface area contributed by atoms with Crippen molar-refractivity contribution in [3.8, 4) is 0 Å². The minimum atomic E-state index is -4.53. The number of carbonyl (C=O) groups excluding carboxylic acids is 1. The van der Waals surface area contributed by atoms with E-state index < -0.39 is 17.2 Å². The minimum Gasteiger partial charge on any atom is -0.351 e. The second kappa shape index (κ2) is 9.80. The van der Waals surface area contributed by atoms with Gasteiger partial charge in [-0.2, -0.15) is 18.3 Å². The third-order valence-corrected chi connectivity index (χ3v) is 5.32. The molecule has 2 aromatic rings. The number of hydrogen-bond donors (Lipinski definition) is 1. The van der Waals surface area contributed by atoms with Gasteiger partial charge in [0.15, 0.2) is 0 Å². The van der Waals surface area contributed by atoms with Crippen LogP contribution in [-0.2, 0) is 17.4 Å². The van der Waals surface area contributed by atoms with Crippen LogP contribution in [-0.4, -0.2) is 46.8 Å². The molecule has 9 heteroatoms. The van der Waals surface area contributed by atoms with E-state index in [2.05, 4.69) is 15.3 Å². The number of aromatic nitrogens is 2. The predicted octanol–water partition coefficient (Wildman–Crippen LogP) is 3.63. The van der Waals surface area contributed by atoms with Gasteiger partial charge in [0.2, 0.25) is 11.3 Å². The highest BCUT2D eigenvalue weighted by atomic mass is 19.4. The molecule has 1 aromatic carbocycles. The quantitative estimate of drug-likeness (QED) is 0.681. The van der Waals surface area contributed by atoms with Crippen LogP contribution in [0.1, 0.15) is 51.9 Å². The highest BCUT2D eigenvalue weighted by Gasteiger charge is 2.31. The number of amides is 1. The van der Waals surface area contributed by atoms with Crippen LogP contribution < -0.4 is 10.7 Å². The molecule has 0 aliphatic carbocycles. The van der Waals surface area contributed by atoms with E-state index >= 15 is 0 Å². The Kier molecular flexibility index (Phi) is 7.86. The van der Waals surface area contributed by atoms with Crippen LogP contribution in [0.3, 0.4) is 0 Å². The molecule has 0 aliphatic heterocycles. The maximum atomic E-state index is 13.1. The van der Waals surface area contributed by atoms with Crippen LogP contribution >= 0.6 is 0 Å². The van der Waals surface area contributed by atoms with E-state index in [4.69, 9.17) is 0 Å². The normalized spacial score (nSPS) is 13.4. The number of hydrogen-bond acceptors (Lipinski definition) is 4. The molecule has 0 bridgehead atoms. The Hall–Kier alpha value is -2.42. The molecule has 1 atom stereocenters. The van der Waals surface area contributed by atoms with Crippen molar-refractivity contribution in [1.82, 2.24) is 20.0 Å². The lowest BCUT2D eigenvalue weighted by molar-refractivity contribution is -0.137. The Balaban J connectivity index is 2.41. The number of likely N-dealkylation sites (N-methyl/N-ethyl adjacent to an activating group) is 1. The summed E-state index contributed by atoms with van der Waals surface area (Å²) < 4.78 is 40.8. The van der Waals surface area contributed by atoms with Crippen molar-refractivity contribution in [3.05, 3.63) is 39.7 Å². The summed E-state index contributed by atoms with van der Waals surface area (Å²) in [6, 6.07) is 2.58. The summed E-state index contributed by atoms with van der Waals surface area (Å²) in [5.74, 6) is -0.148. The molecule has 1 aromatic heterocycles. The maximum absolute atomic E-state index is 13.1. The Morgan fingerprint density at radius 2 is 1.87 bits per heavy atom. The summed E-state index contributed by atoms with van der Waals surface area (Å²) >= 11 is 0. The minimum absolute atomic E-state index is 0.0183. The first-order chi connectivity index (χ1) is 14.3. The van der Waals surface area contributed by atoms with Crippen molar-refractivity contribution < 1.29 is 18.0 Å². The summed E-state index contributed by atoms with van der Waals surface area (Å²) in [6.07, 6.45) is -4.76. The molecule has 6 nitrogen and oxygen atoms in total. The van der Waals surface area contributed by atoms with E-state index in [1.165, 1.54) is 4.68 Å². The van der Waals surface area contributed by atoms with Gasteiger partial charge in [0.05, 0.1) is 17.5 Å². The molecule has 0 spiro atoms. The first-order valence-electron chi connectivity index (χ1n) is 10.5. The second-order valence-electron chi connectivity index (χ2n) is 8.49. The molecule has 1 unspecified atom stereocenters. The maximum Gasteiger partial charge on any atom is 0.416 e. The largest absolute Gasteiger partial charge is 0.416 e. The van der Waals surface area contributed by atoms with E-state index in [-0.39, 0.29) is 46.9 Å². The molecular formula is C22H31F3N4O2. The van der Waals surface area contributed by atoms with Gasteiger partial charge in [0.1, 0.15) is 5.69 Å². The van der Waals surface area contributed by atoms with E-state index in [1.54, 1.807) is 13.8 Å². The van der Waals surface area contributed by atoms with Crippen LogP contribution in [0, 0.1) is 5.92 Å². The number of fused-ring (bicyclic) bond motifs is 1. The van der Waals surface area contributed by atoms with Crippen LogP contribution in [0.5, 0.6) is 0 Å². The van der Waals surface area contributed by atoms with Crippen LogP contribution in [0.4, 0.5) is 13.2 Å². The molecule has 31 heavy (non-hydrogen) atoms. The van der Waals surface area contributed by atoms with Gasteiger partial charge < -0.3 is 10.2 Å². The summed E-state index contributed by atoms with van der Waals surface area (Å²) in [5.41, 5.74) is -1.25. The SMILES string of the molecule is CCN(C)CC(NC(=O)Cc1nn(C(C)C)c2cc(C(F)(F)F)ccc2c1=O)C(C)C. The fourth-order valence-electron chi connectivity index (χ4n) is 3.28. The number of nitrogens with zero attached hydrogens (tertiary/aromatic N) is 3. The third kappa shape index (κ3) is 6.06. The number of rotatable bonds is 8. The van der Waals surface area contributed by atoms with Crippen molar-refractivity contribution in [1.29, 1.82) is 0 Å². The average Bonchev–Trinajstić information content (AvgIpc) is 2.67. The Bertz CT molecular complexity index is 983. The van der Waals surface area contributed by atoms with Crippen molar-refractivity contribution in [3.63, 3.8) is 0 Å². The highest BCUT2D eigenvalue weighted by Crippen LogP contribution is 2.31. The predicted molar refractivity (Wildman–Crippen MR) is 115 cm³/mol. The lowest BCUT2D eigenvalue weighted by Crippen LogP contribution is -2.46. The van der Waals surface area contributed by atoms with Gasteiger partial charge in [-0.1, -0.05) is 20.8 Å². The van der Waals surface area contributed by atoms with E-state index in [9.17, 15) is 22.8 Å². The molecule has 1 heterocycles. The zero-order valence-corrected chi connectivity index (χ0v) is 18.9. The van der Waals surface area contributed by atoms with Gasteiger partial charge in [-0.25, -0.2) is 0 Å². The zero-order valence-electron chi connectivity index (χ0n) is 18.9. The molecule has 1 amide bonds. The number of halogens is 3. The fraction of sp³-hybridized carbons (Fsp3) is 0.591. The van der Waals surface area contributed by atoms with Crippen molar-refractivity contribution >= 4 is 16.8 Å². The average molecular weight is 441 g/mol. The monoisotopic (exact) mass is 440 g/mol. The molecule has 0 saturated heterocycles. The molecule has 172 valence electrons. The molecule has 1 N–H and O–H groups in total. The topological polar surface area (TPSA) is 67.2 Å². The van der Waals surface area contributed by atoms with E-state index in [1.807, 2.05) is 27.8 Å². The zero-order chi connectivity index (χ0) is 23.5. The van der Waals surface area contributed by atoms with Crippen molar-refractivity contribution in [2.24, 2.45) is 5.92 Å². The van der Waals surface area contributed by atoms with E-state index in [0.29, 0.717) is 6.54 Å². The number of carbonyl (C=O) groups is 1. The summed E-state index contributed by atoms with van der Waals surface area (Å²) in [5, 5.41) is 7.34. The third-order valence-electron chi connectivity index (χ3n) is 5.32. The van der Waals surface area contributed by atoms with Gasteiger partial charge in [-0.15, -0.1) is 0 Å². The first-order valence-corrected chi connectivity index (χ1v) is 10.5. The van der Waals surface area contributed by atoms with Gasteiger partial charge in [0.25, 0.3) is 0 Å². The van der Waals surface area contributed by atoms with Gasteiger partial charge in [0, 0.05) is 24.0 Å². The fourth-order valence-corrected chi connectivity index (χ4v) is 3.28. The molecule has 2 rings (SSSR count). The summed E-state index contributed by atoms with van der Waals surface area (Å²) in [7, 11) is 1.96. The Labute approximate surface area is 180 Å². The lowest BCUT2D eigenvalue weighted by Gasteiger charge is -2.27. The molecular weight excluding hydrogens is 409 g/mol. The lowest BCUT2D eigenvalue weighted by atomic mass is 10.0. The van der Waals surface area contributed by atoms with Crippen molar-refractivity contribution in [2.75, 3.05) is 20.1 Å². The Morgan fingerprint density at radius 3 is 2.39 bits per heavy atom. The number of alkyl halides is 3. The van der Waals surface area contributed by atoms with E-state index in [0.717, 1.165) is 24.7 Å². The summed E-state index contributed by atoms with van der Waals surface area (Å²) in [6.45, 7) is 11.1. The van der Waals surface area contributed by atoms with Gasteiger partial charge in [-0.05, 0) is 51.6 Å².